The van der Waals surface area contributed by atoms with Gasteiger partial charge in [0.05, 0.1) is 24.2 Å². The van der Waals surface area contributed by atoms with Crippen molar-refractivity contribution < 1.29 is 9.53 Å². The van der Waals surface area contributed by atoms with Crippen LogP contribution in [0.2, 0.25) is 5.02 Å². The molecule has 3 rings (SSSR count). The van der Waals surface area contributed by atoms with Gasteiger partial charge < -0.3 is 10.1 Å². The quantitative estimate of drug-likeness (QED) is 0.865. The van der Waals surface area contributed by atoms with E-state index in [4.69, 9.17) is 22.8 Å². The van der Waals surface area contributed by atoms with Crippen molar-refractivity contribution in [1.82, 2.24) is 10.2 Å². The van der Waals surface area contributed by atoms with Gasteiger partial charge >= 0.3 is 0 Å². The predicted molar refractivity (Wildman–Crippen MR) is 90.4 cm³/mol. The summed E-state index contributed by atoms with van der Waals surface area (Å²) in [5, 5.41) is 3.78. The average molecular weight is 333 g/mol. The molecule has 0 bridgehead atoms. The molecule has 1 aromatic carbocycles. The molecule has 4 nitrogen and oxygen atoms in total. The van der Waals surface area contributed by atoms with Crippen molar-refractivity contribution in [3.8, 4) is 18.1 Å². The topological polar surface area (TPSA) is 41.6 Å². The fraction of sp³-hybridized carbons (Fsp3) is 0.500. The van der Waals surface area contributed by atoms with Crippen LogP contribution in [0, 0.1) is 18.3 Å². The average Bonchev–Trinajstić information content (AvgIpc) is 2.57. The maximum absolute atomic E-state index is 12.6. The molecular weight excluding hydrogens is 312 g/mol. The van der Waals surface area contributed by atoms with Crippen LogP contribution in [-0.4, -0.2) is 37.0 Å². The zero-order chi connectivity index (χ0) is 16.2. The van der Waals surface area contributed by atoms with Gasteiger partial charge in [-0.1, -0.05) is 29.7 Å². The number of piperidine rings is 1. The Morgan fingerprint density at radius 3 is 2.91 bits per heavy atom. The number of carbonyl (C=O) groups excluding carboxylic acids is 1. The van der Waals surface area contributed by atoms with Gasteiger partial charge in [0.25, 0.3) is 0 Å². The van der Waals surface area contributed by atoms with Crippen LogP contribution in [0.1, 0.15) is 30.9 Å². The number of amides is 1. The van der Waals surface area contributed by atoms with E-state index in [1.165, 1.54) is 0 Å². The number of carbonyl (C=O) groups is 1. The molecule has 1 N–H and O–H groups in total. The molecule has 5 heteroatoms. The first-order valence-corrected chi connectivity index (χ1v) is 8.44. The SMILES string of the molecule is C#CCN1CCC(C(=O)N[C@@H]2CCOc3c(Cl)cccc32)CC1. The molecule has 23 heavy (non-hydrogen) atoms. The number of likely N-dealkylation sites (tertiary alicyclic amines) is 1. The van der Waals surface area contributed by atoms with Gasteiger partial charge in [-0.25, -0.2) is 0 Å². The molecule has 0 aromatic heterocycles. The summed E-state index contributed by atoms with van der Waals surface area (Å²) in [5.74, 6) is 3.56. The van der Waals surface area contributed by atoms with E-state index >= 15 is 0 Å². The molecule has 0 spiro atoms. The maximum atomic E-state index is 12.6. The van der Waals surface area contributed by atoms with E-state index in [9.17, 15) is 4.79 Å². The van der Waals surface area contributed by atoms with Gasteiger partial charge in [0.15, 0.2) is 0 Å². The third-order valence-electron chi connectivity index (χ3n) is 4.62. The summed E-state index contributed by atoms with van der Waals surface area (Å²) in [5.41, 5.74) is 0.974. The summed E-state index contributed by atoms with van der Waals surface area (Å²) in [6, 6.07) is 5.66. The largest absolute Gasteiger partial charge is 0.492 e. The molecule has 0 aliphatic carbocycles. The van der Waals surface area contributed by atoms with Crippen molar-refractivity contribution >= 4 is 17.5 Å². The molecule has 2 aliphatic rings. The highest BCUT2D eigenvalue weighted by Crippen LogP contribution is 2.37. The molecule has 1 amide bonds. The van der Waals surface area contributed by atoms with Gasteiger partial charge in [-0.3, -0.25) is 9.69 Å². The first-order chi connectivity index (χ1) is 11.2. The fourth-order valence-corrected chi connectivity index (χ4v) is 3.54. The van der Waals surface area contributed by atoms with Gasteiger partial charge in [0.1, 0.15) is 5.75 Å². The molecule has 0 unspecified atom stereocenters. The molecule has 2 aliphatic heterocycles. The van der Waals surface area contributed by atoms with Crippen molar-refractivity contribution in [2.75, 3.05) is 26.2 Å². The van der Waals surface area contributed by atoms with Crippen LogP contribution in [-0.2, 0) is 4.79 Å². The van der Waals surface area contributed by atoms with Crippen LogP contribution in [0.4, 0.5) is 0 Å². The minimum absolute atomic E-state index is 0.0197. The number of hydrogen-bond acceptors (Lipinski definition) is 3. The minimum Gasteiger partial charge on any atom is -0.492 e. The van der Waals surface area contributed by atoms with Gasteiger partial charge in [0.2, 0.25) is 5.91 Å². The Labute approximate surface area is 142 Å². The Morgan fingerprint density at radius 1 is 1.39 bits per heavy atom. The lowest BCUT2D eigenvalue weighted by atomic mass is 9.94. The zero-order valence-corrected chi connectivity index (χ0v) is 13.8. The van der Waals surface area contributed by atoms with Gasteiger partial charge in [-0.2, -0.15) is 0 Å². The number of fused-ring (bicyclic) bond motifs is 1. The van der Waals surface area contributed by atoms with Crippen LogP contribution < -0.4 is 10.1 Å². The number of nitrogens with zero attached hydrogens (tertiary/aromatic N) is 1. The summed E-state index contributed by atoms with van der Waals surface area (Å²) < 4.78 is 5.64. The van der Waals surface area contributed by atoms with Crippen LogP contribution in [0.15, 0.2) is 18.2 Å². The molecule has 122 valence electrons. The summed E-state index contributed by atoms with van der Waals surface area (Å²) >= 11 is 6.18. The van der Waals surface area contributed by atoms with Crippen molar-refractivity contribution in [1.29, 1.82) is 0 Å². The molecule has 1 aromatic rings. The number of ether oxygens (including phenoxy) is 1. The van der Waals surface area contributed by atoms with Crippen LogP contribution >= 0.6 is 11.6 Å². The second-order valence-corrected chi connectivity index (χ2v) is 6.52. The number of nitrogens with one attached hydrogen (secondary N) is 1. The highest BCUT2D eigenvalue weighted by atomic mass is 35.5. The van der Waals surface area contributed by atoms with E-state index in [1.807, 2.05) is 18.2 Å². The van der Waals surface area contributed by atoms with Gasteiger partial charge in [-0.15, -0.1) is 6.42 Å². The normalized spacial score (nSPS) is 21.8. The Bertz CT molecular complexity index is 618. The van der Waals surface area contributed by atoms with E-state index in [0.29, 0.717) is 23.9 Å². The smallest absolute Gasteiger partial charge is 0.223 e. The van der Waals surface area contributed by atoms with E-state index in [2.05, 4.69) is 16.1 Å². The number of terminal acetylenes is 1. The first-order valence-electron chi connectivity index (χ1n) is 8.06. The standard InChI is InChI=1S/C18H21ClN2O2/c1-2-9-21-10-6-13(7-11-21)18(22)20-16-8-12-23-17-14(16)4-3-5-15(17)19/h1,3-5,13,16H,6-12H2,(H,20,22)/t16-/m1/s1. The van der Waals surface area contributed by atoms with E-state index in [0.717, 1.165) is 37.9 Å². The summed E-state index contributed by atoms with van der Waals surface area (Å²) in [4.78, 5) is 14.8. The van der Waals surface area contributed by atoms with E-state index in [1.54, 1.807) is 0 Å². The van der Waals surface area contributed by atoms with Crippen LogP contribution in [0.5, 0.6) is 5.75 Å². The number of para-hydroxylation sites is 1. The third-order valence-corrected chi connectivity index (χ3v) is 4.91. The van der Waals surface area contributed by atoms with Gasteiger partial charge in [0, 0.05) is 17.9 Å². The number of rotatable bonds is 3. The summed E-state index contributed by atoms with van der Waals surface area (Å²) in [6.07, 6.45) is 7.83. The zero-order valence-electron chi connectivity index (χ0n) is 13.1. The molecule has 1 atom stereocenters. The van der Waals surface area contributed by atoms with Crippen LogP contribution in [0.25, 0.3) is 0 Å². The monoisotopic (exact) mass is 332 g/mol. The maximum Gasteiger partial charge on any atom is 0.223 e. The number of benzene rings is 1. The fourth-order valence-electron chi connectivity index (χ4n) is 3.31. The lowest BCUT2D eigenvalue weighted by Crippen LogP contribution is -2.42. The summed E-state index contributed by atoms with van der Waals surface area (Å²) in [7, 11) is 0. The first kappa shape index (κ1) is 16.2. The Morgan fingerprint density at radius 2 is 2.17 bits per heavy atom. The lowest BCUT2D eigenvalue weighted by molar-refractivity contribution is -0.127. The molecule has 0 saturated carbocycles. The van der Waals surface area contributed by atoms with Crippen molar-refractivity contribution in [2.45, 2.75) is 25.3 Å². The van der Waals surface area contributed by atoms with Crippen molar-refractivity contribution in [2.24, 2.45) is 5.92 Å². The lowest BCUT2D eigenvalue weighted by Gasteiger charge is -2.32. The second-order valence-electron chi connectivity index (χ2n) is 6.11. The highest BCUT2D eigenvalue weighted by Gasteiger charge is 2.29. The molecule has 0 radical (unpaired) electrons. The Hall–Kier alpha value is -1.70. The highest BCUT2D eigenvalue weighted by molar-refractivity contribution is 6.32. The number of halogens is 1. The van der Waals surface area contributed by atoms with Gasteiger partial charge in [-0.05, 0) is 32.0 Å². The second kappa shape index (κ2) is 7.25. The Balaban J connectivity index is 1.62. The molecular formula is C18H21ClN2O2. The van der Waals surface area contributed by atoms with E-state index < -0.39 is 0 Å². The molecule has 1 saturated heterocycles. The van der Waals surface area contributed by atoms with Crippen molar-refractivity contribution in [3.63, 3.8) is 0 Å². The summed E-state index contributed by atoms with van der Waals surface area (Å²) in [6.45, 7) is 3.01. The van der Waals surface area contributed by atoms with E-state index in [-0.39, 0.29) is 17.9 Å². The molecule has 2 heterocycles. The third kappa shape index (κ3) is 3.63. The minimum atomic E-state index is -0.0197. The predicted octanol–water partition coefficient (Wildman–Crippen LogP) is 2.63. The van der Waals surface area contributed by atoms with Crippen LogP contribution in [0.3, 0.4) is 0 Å². The Kier molecular flexibility index (Phi) is 5.09. The number of hydrogen-bond donors (Lipinski definition) is 1. The molecule has 1 fully saturated rings. The van der Waals surface area contributed by atoms with Crippen molar-refractivity contribution in [3.05, 3.63) is 28.8 Å².